The number of nitrogens with zero attached hydrogens (tertiary/aromatic N) is 6. The Morgan fingerprint density at radius 3 is 1.77 bits per heavy atom. The van der Waals surface area contributed by atoms with Crippen molar-refractivity contribution in [3.63, 3.8) is 0 Å². The first kappa shape index (κ1) is 41.1. The summed E-state index contributed by atoms with van der Waals surface area (Å²) in [5, 5.41) is 6.77. The molecule has 7 rings (SSSR count). The highest BCUT2D eigenvalue weighted by Gasteiger charge is 2.23. The number of hydrogen-bond donors (Lipinski definition) is 2. The second-order valence-electron chi connectivity index (χ2n) is 15.7. The number of anilines is 4. The normalized spacial score (nSPS) is 11.0. The van der Waals surface area contributed by atoms with E-state index in [4.69, 9.17) is 13.1 Å². The fourth-order valence-electron chi connectivity index (χ4n) is 6.19. The van der Waals surface area contributed by atoms with Crippen molar-refractivity contribution in [2.45, 2.75) is 66.2 Å². The van der Waals surface area contributed by atoms with Crippen LogP contribution in [0, 0.1) is 27.0 Å². The van der Waals surface area contributed by atoms with Gasteiger partial charge in [-0.2, -0.15) is 9.13 Å². The number of aromatic nitrogens is 4. The van der Waals surface area contributed by atoms with Crippen LogP contribution in [0.2, 0.25) is 0 Å². The summed E-state index contributed by atoms with van der Waals surface area (Å²) in [5.41, 5.74) is 12.8. The van der Waals surface area contributed by atoms with E-state index < -0.39 is 0 Å². The van der Waals surface area contributed by atoms with Crippen LogP contribution in [-0.2, 0) is 10.8 Å². The van der Waals surface area contributed by atoms with E-state index in [0.29, 0.717) is 17.2 Å². The fourth-order valence-corrected chi connectivity index (χ4v) is 6.19. The van der Waals surface area contributed by atoms with Gasteiger partial charge in [0.2, 0.25) is 11.4 Å². The smallest absolute Gasteiger partial charge is 0.271 e. The summed E-state index contributed by atoms with van der Waals surface area (Å²) >= 11 is 0. The van der Waals surface area contributed by atoms with Gasteiger partial charge < -0.3 is 10.6 Å². The first-order valence-corrected chi connectivity index (χ1v) is 18.3. The van der Waals surface area contributed by atoms with Crippen LogP contribution in [0.25, 0.3) is 32.2 Å². The van der Waals surface area contributed by atoms with Crippen molar-refractivity contribution in [1.82, 2.24) is 14.5 Å². The van der Waals surface area contributed by atoms with E-state index in [1.807, 2.05) is 55.5 Å². The molecule has 7 aromatic rings. The number of pyridine rings is 2. The molecule has 4 aromatic carbocycles. The van der Waals surface area contributed by atoms with Gasteiger partial charge >= 0.3 is 0 Å². The van der Waals surface area contributed by atoms with Gasteiger partial charge in [0.25, 0.3) is 12.0 Å². The lowest BCUT2D eigenvalue weighted by molar-refractivity contribution is -0.568. The van der Waals surface area contributed by atoms with Gasteiger partial charge in [-0.1, -0.05) is 102 Å². The zero-order chi connectivity index (χ0) is 39.3. The van der Waals surface area contributed by atoms with E-state index in [2.05, 4.69) is 155 Å². The minimum absolute atomic E-state index is 0. The molecule has 3 heterocycles. The van der Waals surface area contributed by atoms with Crippen LogP contribution in [0.3, 0.4) is 0 Å². The number of fused-ring (bicyclic) bond motifs is 1. The summed E-state index contributed by atoms with van der Waals surface area (Å²) in [4.78, 5) is 16.1. The highest BCUT2D eigenvalue weighted by molar-refractivity contribution is 14.0. The molecule has 0 aliphatic rings. The Hall–Kier alpha value is -6.04. The summed E-state index contributed by atoms with van der Waals surface area (Å²) in [5.74, 6) is 0.689. The third-order valence-corrected chi connectivity index (χ3v) is 9.50. The Kier molecular flexibility index (Phi) is 12.6. The van der Waals surface area contributed by atoms with Crippen LogP contribution >= 0.6 is 24.0 Å². The largest absolute Gasteiger partial charge is 0.353 e. The van der Waals surface area contributed by atoms with Crippen molar-refractivity contribution in [3.8, 4) is 11.4 Å². The molecular weight excluding hydrogens is 803 g/mol. The van der Waals surface area contributed by atoms with E-state index in [-0.39, 0.29) is 34.8 Å². The Bertz CT molecular complexity index is 2540. The Balaban J connectivity index is 0.000000211. The predicted molar refractivity (Wildman–Crippen MR) is 241 cm³/mol. The summed E-state index contributed by atoms with van der Waals surface area (Å²) in [6.45, 7) is 32.0. The van der Waals surface area contributed by atoms with Crippen molar-refractivity contribution < 1.29 is 4.57 Å². The molecular formula is C47H48IN8+. The van der Waals surface area contributed by atoms with Gasteiger partial charge in [-0.05, 0) is 95.5 Å². The molecule has 3 aromatic heterocycles. The molecule has 0 atom stereocenters. The van der Waals surface area contributed by atoms with Crippen molar-refractivity contribution >= 4 is 69.4 Å². The molecule has 2 N–H and O–H groups in total. The van der Waals surface area contributed by atoms with Crippen molar-refractivity contribution in [1.29, 1.82) is 0 Å². The predicted octanol–water partition coefficient (Wildman–Crippen LogP) is 12.8. The molecule has 9 heteroatoms. The van der Waals surface area contributed by atoms with Gasteiger partial charge in [-0.25, -0.2) is 19.7 Å². The molecule has 282 valence electrons. The molecule has 0 unspecified atom stereocenters. The standard InChI is InChI=1S/C24H23N4.C23H24N4.HI/c1-17-8-6-7-9-21(17)28-16-27(23-22(28)14-19(25-5)15-26-23)20-12-10-18(11-13-20)24(2,3)4;1-16-8-6-7-9-20(16)27-21-14-19(24-5)15-25-22(21)26-18-12-10-17(11-13-18)23(2,3)4;/h6-16H,1-4H3;6-15,27H,1-4H3,(H,25,26);1H/q+1;;. The molecule has 0 bridgehead atoms. The van der Waals surface area contributed by atoms with E-state index in [1.54, 1.807) is 12.4 Å². The molecule has 0 fully saturated rings. The van der Waals surface area contributed by atoms with Gasteiger partial charge in [0.05, 0.1) is 18.8 Å². The monoisotopic (exact) mass is 851 g/mol. The molecule has 0 saturated carbocycles. The highest BCUT2D eigenvalue weighted by Crippen LogP contribution is 2.32. The van der Waals surface area contributed by atoms with Crippen molar-refractivity contribution in [2.75, 3.05) is 10.6 Å². The van der Waals surface area contributed by atoms with E-state index in [0.717, 1.165) is 45.2 Å². The quantitative estimate of drug-likeness (QED) is 0.0994. The Morgan fingerprint density at radius 1 is 0.625 bits per heavy atom. The molecule has 0 aliphatic heterocycles. The molecule has 0 radical (unpaired) electrons. The van der Waals surface area contributed by atoms with Crippen LogP contribution in [0.4, 0.5) is 34.3 Å². The fraction of sp³-hybridized carbons (Fsp3) is 0.213. The van der Waals surface area contributed by atoms with Crippen LogP contribution in [-0.4, -0.2) is 14.5 Å². The zero-order valence-electron chi connectivity index (χ0n) is 33.2. The molecule has 0 aliphatic carbocycles. The Morgan fingerprint density at radius 2 is 1.18 bits per heavy atom. The maximum Gasteiger partial charge on any atom is 0.271 e. The molecule has 0 spiro atoms. The van der Waals surface area contributed by atoms with Crippen LogP contribution in [0.1, 0.15) is 63.8 Å². The topological polar surface area (TPSA) is 67.4 Å². The first-order chi connectivity index (χ1) is 26.2. The van der Waals surface area contributed by atoms with Crippen LogP contribution in [0.15, 0.2) is 128 Å². The zero-order valence-corrected chi connectivity index (χ0v) is 35.5. The average molecular weight is 852 g/mol. The molecule has 0 saturated heterocycles. The number of nitrogens with one attached hydrogen (secondary N) is 2. The van der Waals surface area contributed by atoms with Crippen LogP contribution in [0.5, 0.6) is 0 Å². The number of halogens is 1. The highest BCUT2D eigenvalue weighted by atomic mass is 127. The second-order valence-corrected chi connectivity index (χ2v) is 15.7. The number of para-hydroxylation sites is 2. The number of hydrogen-bond acceptors (Lipinski definition) is 4. The summed E-state index contributed by atoms with van der Waals surface area (Å²) in [6, 6.07) is 37.0. The van der Waals surface area contributed by atoms with Crippen molar-refractivity contribution in [2.24, 2.45) is 0 Å². The number of imidazole rings is 1. The van der Waals surface area contributed by atoms with Gasteiger partial charge in [-0.15, -0.1) is 24.0 Å². The minimum atomic E-state index is 0. The lowest BCUT2D eigenvalue weighted by atomic mass is 9.87. The van der Waals surface area contributed by atoms with E-state index in [1.165, 1.54) is 16.7 Å². The lowest BCUT2D eigenvalue weighted by Gasteiger charge is -2.20. The average Bonchev–Trinajstić information content (AvgIpc) is 3.55. The summed E-state index contributed by atoms with van der Waals surface area (Å²) < 4.78 is 4.20. The first-order valence-electron chi connectivity index (χ1n) is 18.3. The lowest BCUT2D eigenvalue weighted by Crippen LogP contribution is -2.29. The number of rotatable bonds is 6. The van der Waals surface area contributed by atoms with E-state index >= 15 is 0 Å². The van der Waals surface area contributed by atoms with Crippen LogP contribution < -0.4 is 15.2 Å². The second kappa shape index (κ2) is 17.2. The SMILES string of the molecule is I.[C-]#[N+]c1cnc(Nc2ccc(C(C)(C)C)cc2)c(Nc2ccccc2C)c1.[C-]#[N+]c1cnc2c(c1)[n+](-c1ccccc1C)cn2-c1ccc(C(C)(C)C)cc1. The molecule has 0 amide bonds. The van der Waals surface area contributed by atoms with E-state index in [9.17, 15) is 0 Å². The van der Waals surface area contributed by atoms with Gasteiger partial charge in [0, 0.05) is 23.8 Å². The molecule has 8 nitrogen and oxygen atoms in total. The summed E-state index contributed by atoms with van der Waals surface area (Å²) in [7, 11) is 0. The maximum atomic E-state index is 7.36. The number of aryl methyl sites for hydroxylation is 2. The Labute approximate surface area is 348 Å². The van der Waals surface area contributed by atoms with Gasteiger partial charge in [-0.3, -0.25) is 0 Å². The van der Waals surface area contributed by atoms with Gasteiger partial charge in [0.15, 0.2) is 11.3 Å². The third kappa shape index (κ3) is 9.42. The van der Waals surface area contributed by atoms with Crippen molar-refractivity contribution in [3.05, 3.63) is 173 Å². The maximum absolute atomic E-state index is 7.36. The van der Waals surface area contributed by atoms with Gasteiger partial charge in [0.1, 0.15) is 11.4 Å². The number of benzene rings is 4. The third-order valence-electron chi connectivity index (χ3n) is 9.50. The minimum Gasteiger partial charge on any atom is -0.353 e. The molecule has 56 heavy (non-hydrogen) atoms. The summed E-state index contributed by atoms with van der Waals surface area (Å²) in [6.07, 6.45) is 5.28.